The van der Waals surface area contributed by atoms with Crippen LogP contribution in [0.1, 0.15) is 34.8 Å². The van der Waals surface area contributed by atoms with Crippen LogP contribution in [0.3, 0.4) is 0 Å². The van der Waals surface area contributed by atoms with Gasteiger partial charge in [0, 0.05) is 31.9 Å². The first-order chi connectivity index (χ1) is 13.5. The molecule has 0 spiro atoms. The van der Waals surface area contributed by atoms with Crippen LogP contribution in [0.4, 0.5) is 4.39 Å². The fraction of sp³-hybridized carbons (Fsp3) is 0.250. The van der Waals surface area contributed by atoms with E-state index in [2.05, 4.69) is 15.6 Å². The van der Waals surface area contributed by atoms with E-state index >= 15 is 0 Å². The number of carbonyl (C=O) groups is 2. The lowest BCUT2D eigenvalue weighted by Crippen LogP contribution is -2.27. The minimum absolute atomic E-state index is 0.165. The van der Waals surface area contributed by atoms with Crippen LogP contribution in [0.15, 0.2) is 53.4 Å². The molecule has 3 aromatic rings. The van der Waals surface area contributed by atoms with Gasteiger partial charge in [0.05, 0.1) is 12.0 Å². The summed E-state index contributed by atoms with van der Waals surface area (Å²) in [7, 11) is 0. The first kappa shape index (κ1) is 19.3. The van der Waals surface area contributed by atoms with E-state index in [1.54, 1.807) is 48.1 Å². The van der Waals surface area contributed by atoms with Gasteiger partial charge in [0.25, 0.3) is 5.91 Å². The van der Waals surface area contributed by atoms with E-state index in [9.17, 15) is 14.0 Å². The molecule has 0 atom stereocenters. The second-order valence-corrected chi connectivity index (χ2v) is 6.24. The van der Waals surface area contributed by atoms with E-state index in [0.717, 1.165) is 0 Å². The molecule has 0 saturated carbocycles. The molecular formula is C20H21FN4O3. The molecule has 0 unspecified atom stereocenters. The molecule has 2 heterocycles. The highest BCUT2D eigenvalue weighted by Crippen LogP contribution is 2.16. The van der Waals surface area contributed by atoms with Gasteiger partial charge in [0.1, 0.15) is 11.6 Å². The first-order valence-corrected chi connectivity index (χ1v) is 8.92. The summed E-state index contributed by atoms with van der Waals surface area (Å²) >= 11 is 0. The van der Waals surface area contributed by atoms with Gasteiger partial charge in [-0.25, -0.2) is 9.37 Å². The fourth-order valence-corrected chi connectivity index (χ4v) is 2.72. The number of hydrogen-bond acceptors (Lipinski definition) is 4. The Kier molecular flexibility index (Phi) is 6.21. The minimum Gasteiger partial charge on any atom is -0.459 e. The SMILES string of the molecule is Cc1nccn1-c1ccc(CNC(=O)CCCNC(=O)c2ccco2)cc1F. The Morgan fingerprint density at radius 1 is 1.25 bits per heavy atom. The second-order valence-electron chi connectivity index (χ2n) is 6.24. The van der Waals surface area contributed by atoms with E-state index < -0.39 is 0 Å². The minimum atomic E-state index is -0.381. The van der Waals surface area contributed by atoms with Crippen LogP contribution in [0.5, 0.6) is 0 Å². The van der Waals surface area contributed by atoms with Crippen molar-refractivity contribution in [3.8, 4) is 5.69 Å². The molecule has 3 rings (SSSR count). The molecule has 0 radical (unpaired) electrons. The van der Waals surface area contributed by atoms with Crippen LogP contribution in [-0.2, 0) is 11.3 Å². The van der Waals surface area contributed by atoms with Crippen molar-refractivity contribution in [1.29, 1.82) is 0 Å². The first-order valence-electron chi connectivity index (χ1n) is 8.92. The molecule has 28 heavy (non-hydrogen) atoms. The Hall–Kier alpha value is -3.42. The van der Waals surface area contributed by atoms with E-state index in [-0.39, 0.29) is 36.4 Å². The van der Waals surface area contributed by atoms with Gasteiger partial charge >= 0.3 is 0 Å². The largest absolute Gasteiger partial charge is 0.459 e. The number of nitrogens with one attached hydrogen (secondary N) is 2. The van der Waals surface area contributed by atoms with E-state index in [4.69, 9.17) is 4.42 Å². The fourth-order valence-electron chi connectivity index (χ4n) is 2.72. The van der Waals surface area contributed by atoms with Crippen molar-refractivity contribution in [3.05, 3.63) is 72.0 Å². The zero-order valence-corrected chi connectivity index (χ0v) is 15.4. The molecule has 2 amide bonds. The van der Waals surface area contributed by atoms with Crippen LogP contribution in [-0.4, -0.2) is 27.9 Å². The van der Waals surface area contributed by atoms with Crippen LogP contribution in [0.25, 0.3) is 5.69 Å². The van der Waals surface area contributed by atoms with Crippen molar-refractivity contribution < 1.29 is 18.4 Å². The van der Waals surface area contributed by atoms with Gasteiger partial charge in [-0.05, 0) is 43.2 Å². The lowest BCUT2D eigenvalue weighted by atomic mass is 10.2. The lowest BCUT2D eigenvalue weighted by molar-refractivity contribution is -0.121. The van der Waals surface area contributed by atoms with Gasteiger partial charge < -0.3 is 19.6 Å². The number of aryl methyl sites for hydroxylation is 1. The topological polar surface area (TPSA) is 89.2 Å². The number of rotatable bonds is 8. The quantitative estimate of drug-likeness (QED) is 0.585. The van der Waals surface area contributed by atoms with Crippen molar-refractivity contribution in [2.75, 3.05) is 6.54 Å². The lowest BCUT2D eigenvalue weighted by Gasteiger charge is -2.10. The Labute approximate surface area is 161 Å². The Morgan fingerprint density at radius 3 is 2.79 bits per heavy atom. The third kappa shape index (κ3) is 4.85. The third-order valence-corrected chi connectivity index (χ3v) is 4.20. The molecule has 1 aromatic carbocycles. The summed E-state index contributed by atoms with van der Waals surface area (Å²) in [6.07, 6.45) is 5.48. The zero-order valence-electron chi connectivity index (χ0n) is 15.4. The zero-order chi connectivity index (χ0) is 19.9. The average Bonchev–Trinajstić information content (AvgIpc) is 3.35. The van der Waals surface area contributed by atoms with Gasteiger partial charge in [-0.2, -0.15) is 0 Å². The number of halogens is 1. The van der Waals surface area contributed by atoms with Crippen LogP contribution >= 0.6 is 0 Å². The Morgan fingerprint density at radius 2 is 2.11 bits per heavy atom. The van der Waals surface area contributed by atoms with Gasteiger partial charge in [0.15, 0.2) is 5.76 Å². The molecule has 7 nitrogen and oxygen atoms in total. The van der Waals surface area contributed by atoms with Crippen LogP contribution in [0.2, 0.25) is 0 Å². The molecule has 8 heteroatoms. The normalized spacial score (nSPS) is 10.6. The van der Waals surface area contributed by atoms with E-state index in [1.807, 2.05) is 0 Å². The molecule has 146 valence electrons. The highest BCUT2D eigenvalue weighted by molar-refractivity contribution is 5.91. The van der Waals surface area contributed by atoms with Crippen molar-refractivity contribution >= 4 is 11.8 Å². The summed E-state index contributed by atoms with van der Waals surface area (Å²) in [5, 5.41) is 5.43. The van der Waals surface area contributed by atoms with Crippen molar-refractivity contribution in [2.45, 2.75) is 26.3 Å². The molecular weight excluding hydrogens is 363 g/mol. The molecule has 0 aliphatic rings. The molecule has 0 saturated heterocycles. The van der Waals surface area contributed by atoms with Crippen LogP contribution < -0.4 is 10.6 Å². The van der Waals surface area contributed by atoms with Crippen molar-refractivity contribution in [1.82, 2.24) is 20.2 Å². The highest BCUT2D eigenvalue weighted by Gasteiger charge is 2.10. The van der Waals surface area contributed by atoms with E-state index in [1.165, 1.54) is 12.3 Å². The van der Waals surface area contributed by atoms with Gasteiger partial charge in [-0.1, -0.05) is 6.07 Å². The van der Waals surface area contributed by atoms with Crippen molar-refractivity contribution in [3.63, 3.8) is 0 Å². The predicted octanol–water partition coefficient (Wildman–Crippen LogP) is 2.74. The Bertz CT molecular complexity index is 950. The number of amides is 2. The number of carbonyl (C=O) groups excluding carboxylic acids is 2. The number of aromatic nitrogens is 2. The molecule has 0 bridgehead atoms. The third-order valence-electron chi connectivity index (χ3n) is 4.20. The summed E-state index contributed by atoms with van der Waals surface area (Å²) in [6.45, 7) is 2.39. The molecule has 2 aromatic heterocycles. The average molecular weight is 384 g/mol. The summed E-state index contributed by atoms with van der Waals surface area (Å²) in [4.78, 5) is 27.7. The number of nitrogens with zero attached hydrogens (tertiary/aromatic N) is 2. The summed E-state index contributed by atoms with van der Waals surface area (Å²) < 4.78 is 21.0. The smallest absolute Gasteiger partial charge is 0.286 e. The second kappa shape index (κ2) is 8.98. The summed E-state index contributed by atoms with van der Waals surface area (Å²) in [6, 6.07) is 8.03. The molecule has 0 fully saturated rings. The monoisotopic (exact) mass is 384 g/mol. The summed E-state index contributed by atoms with van der Waals surface area (Å²) in [5.41, 5.74) is 1.08. The maximum atomic E-state index is 14.3. The predicted molar refractivity (Wildman–Crippen MR) is 100 cm³/mol. The maximum absolute atomic E-state index is 14.3. The molecule has 2 N–H and O–H groups in total. The number of furan rings is 1. The Balaban J connectivity index is 1.41. The molecule has 0 aliphatic carbocycles. The van der Waals surface area contributed by atoms with Crippen molar-refractivity contribution in [2.24, 2.45) is 0 Å². The van der Waals surface area contributed by atoms with Crippen LogP contribution in [0, 0.1) is 12.7 Å². The number of benzene rings is 1. The standard InChI is InChI=1S/C20H21FN4O3/c1-14-22-9-10-25(14)17-7-6-15(12-16(17)21)13-24-19(26)5-2-8-23-20(27)18-4-3-11-28-18/h3-4,6-7,9-12H,2,5,8,13H2,1H3,(H,23,27)(H,24,26). The van der Waals surface area contributed by atoms with Gasteiger partial charge in [-0.3, -0.25) is 9.59 Å². The maximum Gasteiger partial charge on any atom is 0.286 e. The van der Waals surface area contributed by atoms with E-state index in [0.29, 0.717) is 30.0 Å². The summed E-state index contributed by atoms with van der Waals surface area (Å²) in [5.74, 6) is 0.0738. The molecule has 0 aliphatic heterocycles. The number of imidazole rings is 1. The van der Waals surface area contributed by atoms with Gasteiger partial charge in [-0.15, -0.1) is 0 Å². The highest BCUT2D eigenvalue weighted by atomic mass is 19.1. The van der Waals surface area contributed by atoms with Gasteiger partial charge in [0.2, 0.25) is 5.91 Å². The number of hydrogen-bond donors (Lipinski definition) is 2.